The summed E-state index contributed by atoms with van der Waals surface area (Å²) in [6, 6.07) is 15.1. The Kier molecular flexibility index (Phi) is 5.17. The zero-order valence-corrected chi connectivity index (χ0v) is 14.7. The van der Waals surface area contributed by atoms with Crippen molar-refractivity contribution in [2.24, 2.45) is 0 Å². The fourth-order valence-corrected chi connectivity index (χ4v) is 2.78. The average Bonchev–Trinajstić information content (AvgIpc) is 3.08. The molecule has 0 bridgehead atoms. The number of nitrogens with one attached hydrogen (secondary N) is 2. The highest BCUT2D eigenvalue weighted by atomic mass is 16.2. The molecule has 1 heterocycles. The van der Waals surface area contributed by atoms with Crippen LogP contribution in [0.4, 0.5) is 5.69 Å². The molecule has 2 amide bonds. The number of hydrogen-bond acceptors (Lipinski definition) is 2. The maximum Gasteiger partial charge on any atom is 0.255 e. The van der Waals surface area contributed by atoms with Gasteiger partial charge in [0.1, 0.15) is 0 Å². The van der Waals surface area contributed by atoms with E-state index in [-0.39, 0.29) is 11.8 Å². The Morgan fingerprint density at radius 2 is 1.88 bits per heavy atom. The number of aryl methyl sites for hydroxylation is 1. The lowest BCUT2D eigenvalue weighted by atomic mass is 10.1. The zero-order chi connectivity index (χ0) is 18.5. The summed E-state index contributed by atoms with van der Waals surface area (Å²) in [5.74, 6) is -0.389. The van der Waals surface area contributed by atoms with E-state index in [0.717, 1.165) is 28.7 Å². The second-order valence-corrected chi connectivity index (χ2v) is 5.95. The smallest absolute Gasteiger partial charge is 0.255 e. The molecule has 1 aromatic heterocycles. The number of rotatable bonds is 6. The molecule has 0 radical (unpaired) electrons. The molecule has 3 aromatic rings. The summed E-state index contributed by atoms with van der Waals surface area (Å²) in [6.45, 7) is 6.78. The van der Waals surface area contributed by atoms with Crippen molar-refractivity contribution in [1.29, 1.82) is 0 Å². The highest BCUT2D eigenvalue weighted by Crippen LogP contribution is 2.21. The van der Waals surface area contributed by atoms with E-state index < -0.39 is 0 Å². The standard InChI is InChI=1S/C21H21N3O2/c1-3-20(25)22-14-15-5-7-17(8-6-15)21(26)23-18-10-9-16-11-12-24(4-2)19(16)13-18/h3,5-13H,1,4,14H2,2H3,(H,22,25)(H,23,26). The lowest BCUT2D eigenvalue weighted by Gasteiger charge is -2.08. The van der Waals surface area contributed by atoms with Gasteiger partial charge in [0, 0.05) is 30.5 Å². The quantitative estimate of drug-likeness (QED) is 0.668. The second-order valence-electron chi connectivity index (χ2n) is 5.95. The van der Waals surface area contributed by atoms with Crippen molar-refractivity contribution in [3.8, 4) is 0 Å². The highest BCUT2D eigenvalue weighted by molar-refractivity contribution is 6.05. The number of carbonyl (C=O) groups is 2. The maximum absolute atomic E-state index is 12.5. The molecule has 26 heavy (non-hydrogen) atoms. The minimum atomic E-state index is -0.223. The Hall–Kier alpha value is -3.34. The van der Waals surface area contributed by atoms with Gasteiger partial charge in [-0.3, -0.25) is 9.59 Å². The Bertz CT molecular complexity index is 955. The third kappa shape index (κ3) is 3.83. The van der Waals surface area contributed by atoms with Crippen LogP contribution in [-0.2, 0) is 17.9 Å². The number of aromatic nitrogens is 1. The van der Waals surface area contributed by atoms with Crippen molar-refractivity contribution in [3.63, 3.8) is 0 Å². The first-order valence-corrected chi connectivity index (χ1v) is 8.50. The van der Waals surface area contributed by atoms with Crippen LogP contribution < -0.4 is 10.6 Å². The van der Waals surface area contributed by atoms with Gasteiger partial charge in [-0.25, -0.2) is 0 Å². The molecule has 3 rings (SSSR count). The topological polar surface area (TPSA) is 63.1 Å². The fourth-order valence-electron chi connectivity index (χ4n) is 2.78. The lowest BCUT2D eigenvalue weighted by molar-refractivity contribution is -0.116. The molecule has 0 aliphatic heterocycles. The van der Waals surface area contributed by atoms with Crippen LogP contribution in [0.5, 0.6) is 0 Å². The average molecular weight is 347 g/mol. The van der Waals surface area contributed by atoms with Crippen molar-refractivity contribution in [2.45, 2.75) is 20.0 Å². The van der Waals surface area contributed by atoms with Crippen LogP contribution >= 0.6 is 0 Å². The monoisotopic (exact) mass is 347 g/mol. The van der Waals surface area contributed by atoms with Gasteiger partial charge in [-0.2, -0.15) is 0 Å². The van der Waals surface area contributed by atoms with E-state index >= 15 is 0 Å². The van der Waals surface area contributed by atoms with E-state index in [2.05, 4.69) is 34.8 Å². The SMILES string of the molecule is C=CC(=O)NCc1ccc(C(=O)Nc2ccc3ccn(CC)c3c2)cc1. The summed E-state index contributed by atoms with van der Waals surface area (Å²) >= 11 is 0. The first-order valence-electron chi connectivity index (χ1n) is 8.50. The summed E-state index contributed by atoms with van der Waals surface area (Å²) in [6.07, 6.45) is 3.27. The van der Waals surface area contributed by atoms with Gasteiger partial charge in [-0.1, -0.05) is 24.8 Å². The number of carbonyl (C=O) groups excluding carboxylic acids is 2. The predicted molar refractivity (Wildman–Crippen MR) is 104 cm³/mol. The van der Waals surface area contributed by atoms with Gasteiger partial charge in [-0.15, -0.1) is 0 Å². The van der Waals surface area contributed by atoms with Crippen molar-refractivity contribution in [3.05, 3.63) is 78.5 Å². The Labute approximate surface area is 152 Å². The third-order valence-electron chi connectivity index (χ3n) is 4.24. The van der Waals surface area contributed by atoms with Gasteiger partial charge in [-0.05, 0) is 54.3 Å². The van der Waals surface area contributed by atoms with Gasteiger partial charge >= 0.3 is 0 Å². The Balaban J connectivity index is 1.69. The molecule has 0 spiro atoms. The van der Waals surface area contributed by atoms with Crippen LogP contribution in [0, 0.1) is 0 Å². The van der Waals surface area contributed by atoms with E-state index in [4.69, 9.17) is 0 Å². The Morgan fingerprint density at radius 1 is 1.12 bits per heavy atom. The molecule has 0 atom stereocenters. The first-order chi connectivity index (χ1) is 12.6. The van der Waals surface area contributed by atoms with Gasteiger partial charge in [0.25, 0.3) is 5.91 Å². The molecule has 2 N–H and O–H groups in total. The molecular weight excluding hydrogens is 326 g/mol. The number of fused-ring (bicyclic) bond motifs is 1. The van der Waals surface area contributed by atoms with E-state index in [0.29, 0.717) is 12.1 Å². The number of benzene rings is 2. The van der Waals surface area contributed by atoms with Crippen LogP contribution in [0.15, 0.2) is 67.4 Å². The van der Waals surface area contributed by atoms with E-state index in [1.54, 1.807) is 12.1 Å². The van der Waals surface area contributed by atoms with Crippen LogP contribution in [0.2, 0.25) is 0 Å². The van der Waals surface area contributed by atoms with E-state index in [9.17, 15) is 9.59 Å². The van der Waals surface area contributed by atoms with Crippen LogP contribution in [-0.4, -0.2) is 16.4 Å². The molecule has 0 fully saturated rings. The predicted octanol–water partition coefficient (Wildman–Crippen LogP) is 3.72. The van der Waals surface area contributed by atoms with Crippen molar-refractivity contribution < 1.29 is 9.59 Å². The molecule has 5 nitrogen and oxygen atoms in total. The lowest BCUT2D eigenvalue weighted by Crippen LogP contribution is -2.20. The van der Waals surface area contributed by atoms with E-state index in [1.807, 2.05) is 36.5 Å². The van der Waals surface area contributed by atoms with Crippen molar-refractivity contribution in [1.82, 2.24) is 9.88 Å². The normalized spacial score (nSPS) is 10.5. The molecule has 0 saturated heterocycles. The summed E-state index contributed by atoms with van der Waals surface area (Å²) in [4.78, 5) is 23.7. The summed E-state index contributed by atoms with van der Waals surface area (Å²) in [5, 5.41) is 6.79. The van der Waals surface area contributed by atoms with Crippen LogP contribution in [0.3, 0.4) is 0 Å². The summed E-state index contributed by atoms with van der Waals surface area (Å²) in [7, 11) is 0. The maximum atomic E-state index is 12.5. The summed E-state index contributed by atoms with van der Waals surface area (Å²) in [5.41, 5.74) is 3.34. The van der Waals surface area contributed by atoms with Crippen LogP contribution in [0.1, 0.15) is 22.8 Å². The van der Waals surface area contributed by atoms with E-state index in [1.165, 1.54) is 6.08 Å². The third-order valence-corrected chi connectivity index (χ3v) is 4.24. The molecular formula is C21H21N3O2. The Morgan fingerprint density at radius 3 is 2.58 bits per heavy atom. The molecule has 2 aromatic carbocycles. The number of hydrogen-bond donors (Lipinski definition) is 2. The zero-order valence-electron chi connectivity index (χ0n) is 14.7. The molecule has 5 heteroatoms. The first kappa shape index (κ1) is 17.5. The molecule has 132 valence electrons. The number of nitrogens with zero attached hydrogens (tertiary/aromatic N) is 1. The van der Waals surface area contributed by atoms with Crippen molar-refractivity contribution >= 4 is 28.4 Å². The fraction of sp³-hybridized carbons (Fsp3) is 0.143. The minimum absolute atomic E-state index is 0.166. The van der Waals surface area contributed by atoms with Crippen molar-refractivity contribution in [2.75, 3.05) is 5.32 Å². The largest absolute Gasteiger partial charge is 0.348 e. The molecule has 0 saturated carbocycles. The van der Waals surface area contributed by atoms with Gasteiger partial charge in [0.2, 0.25) is 5.91 Å². The molecule has 0 aliphatic carbocycles. The summed E-state index contributed by atoms with van der Waals surface area (Å²) < 4.78 is 2.14. The van der Waals surface area contributed by atoms with Gasteiger partial charge in [0.05, 0.1) is 5.52 Å². The van der Waals surface area contributed by atoms with Gasteiger partial charge in [0.15, 0.2) is 0 Å². The number of anilines is 1. The molecule has 0 aliphatic rings. The number of amides is 2. The highest BCUT2D eigenvalue weighted by Gasteiger charge is 2.08. The molecule has 0 unspecified atom stereocenters. The van der Waals surface area contributed by atoms with Gasteiger partial charge < -0.3 is 15.2 Å². The minimum Gasteiger partial charge on any atom is -0.348 e. The van der Waals surface area contributed by atoms with Crippen LogP contribution in [0.25, 0.3) is 10.9 Å². The second kappa shape index (κ2) is 7.70.